The summed E-state index contributed by atoms with van der Waals surface area (Å²) < 4.78 is 19.0. The molecule has 0 radical (unpaired) electrons. The highest BCUT2D eigenvalue weighted by atomic mass is 35.5. The molecule has 1 aromatic rings. The van der Waals surface area contributed by atoms with Gasteiger partial charge in [-0.15, -0.1) is 12.4 Å². The Bertz CT molecular complexity index is 478. The van der Waals surface area contributed by atoms with E-state index in [0.29, 0.717) is 17.8 Å². The lowest BCUT2D eigenvalue weighted by Crippen LogP contribution is -2.44. The summed E-state index contributed by atoms with van der Waals surface area (Å²) in [5, 5.41) is 0.113. The molecule has 104 valence electrons. The Morgan fingerprint density at radius 3 is 2.47 bits per heavy atom. The predicted molar refractivity (Wildman–Crippen MR) is 76.8 cm³/mol. The number of nitrogens with zero attached hydrogens (tertiary/aromatic N) is 1. The van der Waals surface area contributed by atoms with E-state index in [9.17, 15) is 4.39 Å². The monoisotopic (exact) mass is 303 g/mol. The third-order valence-corrected chi connectivity index (χ3v) is 4.09. The second-order valence-electron chi connectivity index (χ2n) is 4.97. The van der Waals surface area contributed by atoms with Crippen LogP contribution >= 0.6 is 24.0 Å². The molecule has 0 N–H and O–H groups in total. The minimum Gasteiger partial charge on any atom is -0.490 e. The van der Waals surface area contributed by atoms with E-state index in [1.54, 1.807) is 12.1 Å². The number of fused-ring (bicyclic) bond motifs is 2. The molecule has 2 nitrogen and oxygen atoms in total. The van der Waals surface area contributed by atoms with Gasteiger partial charge in [0.2, 0.25) is 0 Å². The maximum Gasteiger partial charge on any atom is 0.142 e. The Morgan fingerprint density at radius 2 is 1.89 bits per heavy atom. The van der Waals surface area contributed by atoms with Crippen molar-refractivity contribution in [2.24, 2.45) is 0 Å². The second kappa shape index (κ2) is 5.70. The summed E-state index contributed by atoms with van der Waals surface area (Å²) in [4.78, 5) is 2.36. The van der Waals surface area contributed by atoms with Crippen LogP contribution < -0.4 is 4.74 Å². The zero-order valence-electron chi connectivity index (χ0n) is 10.6. The number of hydrogen-bond acceptors (Lipinski definition) is 2. The third kappa shape index (κ3) is 2.88. The van der Waals surface area contributed by atoms with E-state index in [1.165, 1.54) is 6.07 Å². The van der Waals surface area contributed by atoms with Crippen molar-refractivity contribution in [2.45, 2.75) is 31.0 Å². The summed E-state index contributed by atoms with van der Waals surface area (Å²) in [6.45, 7) is 0. The highest BCUT2D eigenvalue weighted by Crippen LogP contribution is 2.32. The van der Waals surface area contributed by atoms with E-state index in [1.807, 2.05) is 0 Å². The summed E-state index contributed by atoms with van der Waals surface area (Å²) in [5.74, 6) is 0.240. The molecule has 0 aromatic heterocycles. The summed E-state index contributed by atoms with van der Waals surface area (Å²) in [7, 11) is 2.14. The second-order valence-corrected chi connectivity index (χ2v) is 5.38. The average molecular weight is 304 g/mol. The van der Waals surface area contributed by atoms with Gasteiger partial charge in [0.15, 0.2) is 0 Å². The van der Waals surface area contributed by atoms with E-state index in [0.717, 1.165) is 12.8 Å². The summed E-state index contributed by atoms with van der Waals surface area (Å²) in [5.41, 5.74) is 0. The van der Waals surface area contributed by atoms with Crippen LogP contribution in [0.25, 0.3) is 0 Å². The Kier molecular flexibility index (Phi) is 4.39. The number of rotatable bonds is 2. The van der Waals surface area contributed by atoms with Crippen molar-refractivity contribution in [1.29, 1.82) is 0 Å². The number of ether oxygens (including phenoxy) is 1. The molecule has 2 aliphatic heterocycles. The lowest BCUT2D eigenvalue weighted by Gasteiger charge is -2.36. The highest BCUT2D eigenvalue weighted by molar-refractivity contribution is 6.30. The molecule has 1 aromatic carbocycles. The van der Waals surface area contributed by atoms with Crippen LogP contribution in [-0.2, 0) is 0 Å². The fourth-order valence-electron chi connectivity index (χ4n) is 2.74. The van der Waals surface area contributed by atoms with Crippen LogP contribution in [0.4, 0.5) is 4.39 Å². The fraction of sp³-hybridized carbons (Fsp3) is 0.429. The lowest BCUT2D eigenvalue weighted by atomic mass is 9.99. The third-order valence-electron chi connectivity index (χ3n) is 3.80. The minimum atomic E-state index is -0.408. The normalized spacial score (nSPS) is 29.1. The first-order chi connectivity index (χ1) is 8.63. The summed E-state index contributed by atoms with van der Waals surface area (Å²) in [6, 6.07) is 5.45. The van der Waals surface area contributed by atoms with E-state index in [-0.39, 0.29) is 23.5 Å². The van der Waals surface area contributed by atoms with Crippen LogP contribution in [0, 0.1) is 5.82 Å². The topological polar surface area (TPSA) is 12.5 Å². The van der Waals surface area contributed by atoms with Gasteiger partial charge >= 0.3 is 0 Å². The number of halogens is 3. The molecule has 0 amide bonds. The molecule has 1 saturated heterocycles. The van der Waals surface area contributed by atoms with Crippen molar-refractivity contribution < 1.29 is 9.13 Å². The number of hydrogen-bond donors (Lipinski definition) is 0. The van der Waals surface area contributed by atoms with Crippen LogP contribution in [0.3, 0.4) is 0 Å². The molecule has 0 spiro atoms. The van der Waals surface area contributed by atoms with Crippen molar-refractivity contribution in [1.82, 2.24) is 4.90 Å². The molecular weight excluding hydrogens is 288 g/mol. The zero-order chi connectivity index (χ0) is 12.7. The van der Waals surface area contributed by atoms with Gasteiger partial charge < -0.3 is 4.74 Å². The van der Waals surface area contributed by atoms with Gasteiger partial charge in [-0.2, -0.15) is 0 Å². The first kappa shape index (κ1) is 14.6. The van der Waals surface area contributed by atoms with Gasteiger partial charge in [0.05, 0.1) is 5.02 Å². The van der Waals surface area contributed by atoms with Gasteiger partial charge in [-0.1, -0.05) is 23.8 Å². The van der Waals surface area contributed by atoms with Crippen molar-refractivity contribution >= 4 is 24.0 Å². The van der Waals surface area contributed by atoms with E-state index >= 15 is 0 Å². The molecule has 2 atom stereocenters. The predicted octanol–water partition coefficient (Wildman–Crippen LogP) is 3.68. The zero-order valence-corrected chi connectivity index (χ0v) is 12.1. The molecule has 5 heteroatoms. The molecule has 2 bridgehead atoms. The van der Waals surface area contributed by atoms with Gasteiger partial charge in [0.25, 0.3) is 0 Å². The number of likely N-dealkylation sites (N-methyl/N-ethyl adjacent to an activating group) is 1. The smallest absolute Gasteiger partial charge is 0.142 e. The summed E-state index contributed by atoms with van der Waals surface area (Å²) in [6.07, 6.45) is 6.60. The average Bonchev–Trinajstić information content (AvgIpc) is 2.58. The van der Waals surface area contributed by atoms with Gasteiger partial charge in [-0.3, -0.25) is 4.90 Å². The van der Waals surface area contributed by atoms with Crippen LogP contribution in [0.15, 0.2) is 30.4 Å². The Morgan fingerprint density at radius 1 is 1.26 bits per heavy atom. The fourth-order valence-corrected chi connectivity index (χ4v) is 2.91. The SMILES string of the molecule is CN1C2C=CC1CC(Oc1ccc(F)c(Cl)c1)C2.Cl. The van der Waals surface area contributed by atoms with E-state index in [2.05, 4.69) is 24.1 Å². The quantitative estimate of drug-likeness (QED) is 0.773. The molecule has 2 heterocycles. The minimum absolute atomic E-state index is 0. The van der Waals surface area contributed by atoms with Crippen LogP contribution in [0.1, 0.15) is 12.8 Å². The van der Waals surface area contributed by atoms with Gasteiger partial charge in [-0.05, 0) is 19.2 Å². The van der Waals surface area contributed by atoms with Gasteiger partial charge in [0, 0.05) is 31.0 Å². The maximum absolute atomic E-state index is 13.1. The Hall–Kier alpha value is -0.770. The molecule has 2 aliphatic rings. The molecule has 1 fully saturated rings. The van der Waals surface area contributed by atoms with Gasteiger partial charge in [-0.25, -0.2) is 4.39 Å². The summed E-state index contributed by atoms with van der Waals surface area (Å²) >= 11 is 5.75. The number of piperidine rings is 1. The van der Waals surface area contributed by atoms with Crippen LogP contribution in [0.5, 0.6) is 5.75 Å². The Labute approximate surface area is 123 Å². The standard InChI is InChI=1S/C14H15ClFNO.ClH/c1-17-9-2-3-10(17)7-12(6-9)18-11-4-5-14(16)13(15)8-11;/h2-5,8-10,12H,6-7H2,1H3;1H. The number of benzene rings is 1. The van der Waals surface area contributed by atoms with Crippen molar-refractivity contribution in [3.05, 3.63) is 41.2 Å². The lowest BCUT2D eigenvalue weighted by molar-refractivity contribution is 0.0751. The van der Waals surface area contributed by atoms with Crippen molar-refractivity contribution in [3.63, 3.8) is 0 Å². The highest BCUT2D eigenvalue weighted by Gasteiger charge is 2.35. The maximum atomic E-state index is 13.1. The molecule has 0 saturated carbocycles. The first-order valence-electron chi connectivity index (χ1n) is 6.15. The van der Waals surface area contributed by atoms with Crippen LogP contribution in [0.2, 0.25) is 5.02 Å². The van der Waals surface area contributed by atoms with Crippen molar-refractivity contribution in [2.75, 3.05) is 7.05 Å². The molecule has 19 heavy (non-hydrogen) atoms. The van der Waals surface area contributed by atoms with Crippen molar-refractivity contribution in [3.8, 4) is 5.75 Å². The molecule has 3 rings (SSSR count). The Balaban J connectivity index is 0.00000133. The molecule has 0 aliphatic carbocycles. The van der Waals surface area contributed by atoms with E-state index < -0.39 is 5.82 Å². The van der Waals surface area contributed by atoms with Gasteiger partial charge in [0.1, 0.15) is 17.7 Å². The molecular formula is C14H16Cl2FNO. The molecule has 2 unspecified atom stereocenters. The van der Waals surface area contributed by atoms with Crippen LogP contribution in [-0.4, -0.2) is 30.1 Å². The van der Waals surface area contributed by atoms with E-state index in [4.69, 9.17) is 16.3 Å². The largest absolute Gasteiger partial charge is 0.490 e. The first-order valence-corrected chi connectivity index (χ1v) is 6.53.